The molecule has 1 amide bonds. The number of likely N-dealkylation sites (N-methyl/N-ethyl adjacent to an activating group) is 1. The first-order valence-electron chi connectivity index (χ1n) is 8.02. The Morgan fingerprint density at radius 1 is 1.30 bits per heavy atom. The lowest BCUT2D eigenvalue weighted by Crippen LogP contribution is -2.46. The van der Waals surface area contributed by atoms with Crippen molar-refractivity contribution in [3.8, 4) is 0 Å². The average Bonchev–Trinajstić information content (AvgIpc) is 3.03. The van der Waals surface area contributed by atoms with Gasteiger partial charge < -0.3 is 14.5 Å². The molecule has 1 saturated heterocycles. The second-order valence-corrected chi connectivity index (χ2v) is 7.07. The van der Waals surface area contributed by atoms with Gasteiger partial charge in [0.25, 0.3) is 5.91 Å². The lowest BCUT2D eigenvalue weighted by molar-refractivity contribution is 0.0276. The second-order valence-electron chi connectivity index (χ2n) is 6.18. The number of nitrogens with zero attached hydrogens (tertiary/aromatic N) is 3. The zero-order chi connectivity index (χ0) is 16.2. The van der Waals surface area contributed by atoms with Crippen LogP contribution in [0.1, 0.15) is 23.2 Å². The monoisotopic (exact) mass is 333 g/mol. The number of hydrogen-bond acceptors (Lipinski definition) is 5. The third-order valence-corrected chi connectivity index (χ3v) is 5.05. The van der Waals surface area contributed by atoms with Gasteiger partial charge in [0.05, 0.1) is 15.7 Å². The molecule has 1 aliphatic rings. The summed E-state index contributed by atoms with van der Waals surface area (Å²) in [6.07, 6.45) is 1.84. The molecule has 0 unspecified atom stereocenters. The van der Waals surface area contributed by atoms with E-state index in [0.29, 0.717) is 0 Å². The number of fused-ring (bicyclic) bond motifs is 1. The molecule has 0 saturated carbocycles. The molecule has 1 aromatic heterocycles. The maximum Gasteiger partial charge on any atom is 0.254 e. The molecule has 0 N–H and O–H groups in total. The number of benzene rings is 1. The third kappa shape index (κ3) is 3.88. The van der Waals surface area contributed by atoms with Crippen LogP contribution in [0.25, 0.3) is 10.2 Å². The molecule has 2 heterocycles. The highest BCUT2D eigenvalue weighted by Gasteiger charge is 2.26. The van der Waals surface area contributed by atoms with Crippen molar-refractivity contribution in [1.29, 1.82) is 0 Å². The largest absolute Gasteiger partial charge is 0.381 e. The molecule has 23 heavy (non-hydrogen) atoms. The van der Waals surface area contributed by atoms with E-state index in [-0.39, 0.29) is 11.9 Å². The zero-order valence-corrected chi connectivity index (χ0v) is 14.5. The number of carbonyl (C=O) groups excluding carboxylic acids is 1. The molecule has 0 atom stereocenters. The van der Waals surface area contributed by atoms with Crippen LogP contribution < -0.4 is 0 Å². The SMILES string of the molecule is CN(C)CCN(C(=O)c1ccc2ncsc2c1)C1CCOCC1. The van der Waals surface area contributed by atoms with E-state index < -0.39 is 0 Å². The minimum Gasteiger partial charge on any atom is -0.381 e. The minimum atomic E-state index is 0.119. The normalized spacial score (nSPS) is 16.1. The van der Waals surface area contributed by atoms with Gasteiger partial charge in [-0.25, -0.2) is 4.98 Å². The molecule has 1 aliphatic heterocycles. The minimum absolute atomic E-state index is 0.119. The Hall–Kier alpha value is -1.50. The van der Waals surface area contributed by atoms with Crippen LogP contribution in [0.5, 0.6) is 0 Å². The van der Waals surface area contributed by atoms with Crippen molar-refractivity contribution in [2.24, 2.45) is 0 Å². The molecular formula is C17H23N3O2S. The lowest BCUT2D eigenvalue weighted by atomic mass is 10.1. The molecule has 0 aliphatic carbocycles. The van der Waals surface area contributed by atoms with Gasteiger partial charge in [0.1, 0.15) is 0 Å². The maximum atomic E-state index is 13.1. The van der Waals surface area contributed by atoms with Crippen molar-refractivity contribution in [1.82, 2.24) is 14.8 Å². The Morgan fingerprint density at radius 3 is 2.83 bits per heavy atom. The molecule has 6 heteroatoms. The molecule has 0 bridgehead atoms. The summed E-state index contributed by atoms with van der Waals surface area (Å²) < 4.78 is 6.52. The van der Waals surface area contributed by atoms with Crippen molar-refractivity contribution < 1.29 is 9.53 Å². The van der Waals surface area contributed by atoms with Crippen molar-refractivity contribution in [2.45, 2.75) is 18.9 Å². The maximum absolute atomic E-state index is 13.1. The predicted octanol–water partition coefficient (Wildman–Crippen LogP) is 2.48. The molecule has 0 radical (unpaired) electrons. The first kappa shape index (κ1) is 16.4. The summed E-state index contributed by atoms with van der Waals surface area (Å²) in [4.78, 5) is 21.5. The summed E-state index contributed by atoms with van der Waals surface area (Å²) >= 11 is 1.57. The standard InChI is InChI=1S/C17H23N3O2S/c1-19(2)7-8-20(14-5-9-22-10-6-14)17(21)13-3-4-15-16(11-13)23-12-18-15/h3-4,11-12,14H,5-10H2,1-2H3. The Kier molecular flexibility index (Phi) is 5.25. The van der Waals surface area contributed by atoms with Crippen LogP contribution in [0, 0.1) is 0 Å². The van der Waals surface area contributed by atoms with E-state index in [1.54, 1.807) is 11.3 Å². The van der Waals surface area contributed by atoms with Crippen LogP contribution >= 0.6 is 11.3 Å². The molecular weight excluding hydrogens is 310 g/mol. The Bertz CT molecular complexity index is 665. The number of aromatic nitrogens is 1. The van der Waals surface area contributed by atoms with E-state index in [2.05, 4.69) is 9.88 Å². The van der Waals surface area contributed by atoms with Gasteiger partial charge in [0.2, 0.25) is 0 Å². The van der Waals surface area contributed by atoms with Crippen molar-refractivity contribution in [2.75, 3.05) is 40.4 Å². The van der Waals surface area contributed by atoms with E-state index >= 15 is 0 Å². The van der Waals surface area contributed by atoms with Crippen LogP contribution in [0.3, 0.4) is 0 Å². The van der Waals surface area contributed by atoms with Crippen LogP contribution in [-0.4, -0.2) is 67.1 Å². The van der Waals surface area contributed by atoms with Gasteiger partial charge in [-0.1, -0.05) is 0 Å². The van der Waals surface area contributed by atoms with Crippen LogP contribution in [0.4, 0.5) is 0 Å². The molecule has 3 rings (SSSR count). The highest BCUT2D eigenvalue weighted by molar-refractivity contribution is 7.16. The number of amides is 1. The third-order valence-electron chi connectivity index (χ3n) is 4.26. The summed E-state index contributed by atoms with van der Waals surface area (Å²) in [5.41, 5.74) is 3.53. The first-order chi connectivity index (χ1) is 11.1. The lowest BCUT2D eigenvalue weighted by Gasteiger charge is -2.35. The summed E-state index contributed by atoms with van der Waals surface area (Å²) in [5, 5.41) is 0. The summed E-state index contributed by atoms with van der Waals surface area (Å²) in [6.45, 7) is 3.09. The highest BCUT2D eigenvalue weighted by Crippen LogP contribution is 2.22. The Balaban J connectivity index is 1.82. The van der Waals surface area contributed by atoms with E-state index in [1.165, 1.54) is 0 Å². The highest BCUT2D eigenvalue weighted by atomic mass is 32.1. The van der Waals surface area contributed by atoms with Crippen molar-refractivity contribution in [3.63, 3.8) is 0 Å². The van der Waals surface area contributed by atoms with Crippen molar-refractivity contribution >= 4 is 27.5 Å². The number of hydrogen-bond donors (Lipinski definition) is 0. The molecule has 1 aromatic carbocycles. The molecule has 5 nitrogen and oxygen atoms in total. The number of rotatable bonds is 5. The number of ether oxygens (including phenoxy) is 1. The number of carbonyl (C=O) groups is 1. The van der Waals surface area contributed by atoms with E-state index in [1.807, 2.05) is 42.7 Å². The van der Waals surface area contributed by atoms with Gasteiger partial charge in [-0.2, -0.15) is 0 Å². The van der Waals surface area contributed by atoms with Gasteiger partial charge in [-0.3, -0.25) is 4.79 Å². The van der Waals surface area contributed by atoms with E-state index in [4.69, 9.17) is 4.74 Å². The van der Waals surface area contributed by atoms with Gasteiger partial charge in [-0.15, -0.1) is 11.3 Å². The molecule has 124 valence electrons. The van der Waals surface area contributed by atoms with Gasteiger partial charge in [-0.05, 0) is 45.1 Å². The number of thiazole rings is 1. The second kappa shape index (κ2) is 7.38. The Morgan fingerprint density at radius 2 is 2.09 bits per heavy atom. The Labute approximate surface area is 140 Å². The van der Waals surface area contributed by atoms with Gasteiger partial charge in [0, 0.05) is 37.9 Å². The smallest absolute Gasteiger partial charge is 0.254 e. The first-order valence-corrected chi connectivity index (χ1v) is 8.90. The quantitative estimate of drug-likeness (QED) is 0.843. The average molecular weight is 333 g/mol. The topological polar surface area (TPSA) is 45.7 Å². The molecule has 2 aromatic rings. The van der Waals surface area contributed by atoms with Gasteiger partial charge >= 0.3 is 0 Å². The summed E-state index contributed by atoms with van der Waals surface area (Å²) in [6, 6.07) is 6.07. The van der Waals surface area contributed by atoms with Crippen LogP contribution in [0.15, 0.2) is 23.7 Å². The summed E-state index contributed by atoms with van der Waals surface area (Å²) in [5.74, 6) is 0.119. The predicted molar refractivity (Wildman–Crippen MR) is 93.1 cm³/mol. The summed E-state index contributed by atoms with van der Waals surface area (Å²) in [7, 11) is 4.08. The zero-order valence-electron chi connectivity index (χ0n) is 13.7. The van der Waals surface area contributed by atoms with E-state index in [0.717, 1.165) is 54.9 Å². The van der Waals surface area contributed by atoms with Crippen LogP contribution in [-0.2, 0) is 4.74 Å². The molecule has 1 fully saturated rings. The van der Waals surface area contributed by atoms with Gasteiger partial charge in [0.15, 0.2) is 0 Å². The fraction of sp³-hybridized carbons (Fsp3) is 0.529. The van der Waals surface area contributed by atoms with Crippen molar-refractivity contribution in [3.05, 3.63) is 29.3 Å². The molecule has 0 spiro atoms. The fourth-order valence-electron chi connectivity index (χ4n) is 2.91. The van der Waals surface area contributed by atoms with E-state index in [9.17, 15) is 4.79 Å². The van der Waals surface area contributed by atoms with Crippen LogP contribution in [0.2, 0.25) is 0 Å². The fourth-order valence-corrected chi connectivity index (χ4v) is 3.62.